The van der Waals surface area contributed by atoms with Gasteiger partial charge in [0, 0.05) is 0 Å². The van der Waals surface area contributed by atoms with Crippen LogP contribution in [0.25, 0.3) is 11.5 Å². The van der Waals surface area contributed by atoms with Gasteiger partial charge < -0.3 is 15.6 Å². The van der Waals surface area contributed by atoms with Crippen LogP contribution in [0, 0.1) is 6.92 Å². The van der Waals surface area contributed by atoms with Crippen molar-refractivity contribution in [3.05, 3.63) is 30.1 Å². The number of aromatic nitrogens is 2. The molecule has 0 aliphatic carbocycles. The molecule has 6 nitrogen and oxygen atoms in total. The van der Waals surface area contributed by atoms with Gasteiger partial charge in [-0.3, -0.25) is 4.79 Å². The number of nitrogens with one attached hydrogen (secondary N) is 1. The lowest BCUT2D eigenvalue weighted by atomic mass is 10.1. The summed E-state index contributed by atoms with van der Waals surface area (Å²) in [5.41, 5.74) is 6.99. The Balaban J connectivity index is 2.29. The van der Waals surface area contributed by atoms with E-state index in [9.17, 15) is 4.79 Å². The summed E-state index contributed by atoms with van der Waals surface area (Å²) in [5, 5.41) is 6.52. The quantitative estimate of drug-likeness (QED) is 0.872. The molecule has 19 heavy (non-hydrogen) atoms. The van der Waals surface area contributed by atoms with Gasteiger partial charge in [0.15, 0.2) is 5.82 Å². The number of nitrogens with two attached hydrogens (primary N) is 1. The van der Waals surface area contributed by atoms with Gasteiger partial charge in [-0.25, -0.2) is 0 Å². The molecule has 0 aliphatic rings. The monoisotopic (exact) mass is 260 g/mol. The second-order valence-corrected chi connectivity index (χ2v) is 4.20. The zero-order chi connectivity index (χ0) is 13.8. The van der Waals surface area contributed by atoms with E-state index in [0.29, 0.717) is 29.4 Å². The van der Waals surface area contributed by atoms with Crippen LogP contribution in [0.1, 0.15) is 19.2 Å². The fraction of sp³-hybridized carbons (Fsp3) is 0.308. The highest BCUT2D eigenvalue weighted by Crippen LogP contribution is 2.26. The van der Waals surface area contributed by atoms with Crippen molar-refractivity contribution in [1.82, 2.24) is 10.1 Å². The maximum absolute atomic E-state index is 11.8. The third-order valence-corrected chi connectivity index (χ3v) is 2.72. The summed E-state index contributed by atoms with van der Waals surface area (Å²) in [5.74, 6) is 0.686. The van der Waals surface area contributed by atoms with E-state index in [1.165, 1.54) is 0 Å². The summed E-state index contributed by atoms with van der Waals surface area (Å²) in [4.78, 5) is 16.0. The second kappa shape index (κ2) is 5.62. The molecule has 1 atom stereocenters. The third kappa shape index (κ3) is 2.97. The number of rotatable bonds is 4. The molecule has 1 amide bonds. The summed E-state index contributed by atoms with van der Waals surface area (Å²) in [7, 11) is 0. The number of anilines is 1. The van der Waals surface area contributed by atoms with E-state index in [1.807, 2.05) is 19.1 Å². The van der Waals surface area contributed by atoms with Crippen molar-refractivity contribution >= 4 is 11.6 Å². The largest absolute Gasteiger partial charge is 0.334 e. The van der Waals surface area contributed by atoms with E-state index < -0.39 is 6.04 Å². The Bertz CT molecular complexity index is 580. The fourth-order valence-corrected chi connectivity index (χ4v) is 1.60. The average molecular weight is 260 g/mol. The molecule has 2 rings (SSSR count). The van der Waals surface area contributed by atoms with Gasteiger partial charge in [0.05, 0.1) is 17.3 Å². The average Bonchev–Trinajstić information content (AvgIpc) is 2.85. The first-order valence-corrected chi connectivity index (χ1v) is 6.08. The first-order chi connectivity index (χ1) is 9.11. The van der Waals surface area contributed by atoms with Crippen molar-refractivity contribution in [3.8, 4) is 11.5 Å². The highest BCUT2D eigenvalue weighted by Gasteiger charge is 2.16. The molecule has 3 N–H and O–H groups in total. The van der Waals surface area contributed by atoms with Crippen LogP contribution >= 0.6 is 0 Å². The normalized spacial score (nSPS) is 12.2. The Kier molecular flexibility index (Phi) is 3.91. The number of hydrogen-bond donors (Lipinski definition) is 2. The van der Waals surface area contributed by atoms with Crippen molar-refractivity contribution < 1.29 is 9.32 Å². The van der Waals surface area contributed by atoms with Gasteiger partial charge in [0.2, 0.25) is 5.91 Å². The van der Waals surface area contributed by atoms with E-state index in [1.54, 1.807) is 19.1 Å². The third-order valence-electron chi connectivity index (χ3n) is 2.72. The molecule has 0 aliphatic heterocycles. The summed E-state index contributed by atoms with van der Waals surface area (Å²) in [6.45, 7) is 3.60. The lowest BCUT2D eigenvalue weighted by Gasteiger charge is -2.11. The predicted octanol–water partition coefficient (Wildman–Crippen LogP) is 1.72. The Morgan fingerprint density at radius 3 is 2.84 bits per heavy atom. The van der Waals surface area contributed by atoms with Gasteiger partial charge in [0.1, 0.15) is 0 Å². The molecule has 0 radical (unpaired) electrons. The Labute approximate surface area is 111 Å². The number of aryl methyl sites for hydroxylation is 1. The minimum Gasteiger partial charge on any atom is -0.334 e. The van der Waals surface area contributed by atoms with Gasteiger partial charge in [-0.05, 0) is 25.5 Å². The molecule has 6 heteroatoms. The van der Waals surface area contributed by atoms with Crippen LogP contribution in [0.2, 0.25) is 0 Å². The Hall–Kier alpha value is -2.21. The minimum absolute atomic E-state index is 0.230. The van der Waals surface area contributed by atoms with Crippen LogP contribution in [0.4, 0.5) is 5.69 Å². The number of nitrogens with zero attached hydrogens (tertiary/aromatic N) is 2. The first-order valence-electron chi connectivity index (χ1n) is 6.08. The van der Waals surface area contributed by atoms with E-state index in [4.69, 9.17) is 10.3 Å². The first kappa shape index (κ1) is 13.2. The van der Waals surface area contributed by atoms with Crippen LogP contribution in [0.3, 0.4) is 0 Å². The molecule has 2 aromatic rings. The smallest absolute Gasteiger partial charge is 0.260 e. The van der Waals surface area contributed by atoms with Crippen molar-refractivity contribution in [1.29, 1.82) is 0 Å². The predicted molar refractivity (Wildman–Crippen MR) is 71.4 cm³/mol. The second-order valence-electron chi connectivity index (χ2n) is 4.20. The molecule has 1 heterocycles. The molecule has 0 bridgehead atoms. The number of carbonyl (C=O) groups is 1. The molecular weight excluding hydrogens is 244 g/mol. The summed E-state index contributed by atoms with van der Waals surface area (Å²) in [6, 6.07) is 6.71. The number of carbonyl (C=O) groups excluding carboxylic acids is 1. The molecule has 0 unspecified atom stereocenters. The molecular formula is C13H16N4O2. The summed E-state index contributed by atoms with van der Waals surface area (Å²) < 4.78 is 5.12. The van der Waals surface area contributed by atoms with Gasteiger partial charge in [0.25, 0.3) is 5.89 Å². The van der Waals surface area contributed by atoms with Crippen molar-refractivity contribution in [2.24, 2.45) is 5.73 Å². The Morgan fingerprint density at radius 2 is 2.21 bits per heavy atom. The van der Waals surface area contributed by atoms with Gasteiger partial charge in [-0.1, -0.05) is 24.2 Å². The molecule has 0 saturated heterocycles. The SMILES string of the molecule is CC[C@@H](N)C(=O)Nc1ccccc1-c1nc(C)no1. The van der Waals surface area contributed by atoms with E-state index in [-0.39, 0.29) is 5.91 Å². The lowest BCUT2D eigenvalue weighted by Crippen LogP contribution is -2.34. The van der Waals surface area contributed by atoms with Crippen molar-refractivity contribution in [3.63, 3.8) is 0 Å². The Morgan fingerprint density at radius 1 is 1.47 bits per heavy atom. The van der Waals surface area contributed by atoms with Crippen LogP contribution in [0.5, 0.6) is 0 Å². The van der Waals surface area contributed by atoms with Crippen molar-refractivity contribution in [2.45, 2.75) is 26.3 Å². The minimum atomic E-state index is -0.530. The standard InChI is InChI=1S/C13H16N4O2/c1-3-10(14)12(18)16-11-7-5-4-6-9(11)13-15-8(2)17-19-13/h4-7,10H,3,14H2,1-2H3,(H,16,18)/t10-/m1/s1. The van der Waals surface area contributed by atoms with E-state index >= 15 is 0 Å². The molecule has 1 aromatic heterocycles. The molecule has 1 aromatic carbocycles. The highest BCUT2D eigenvalue weighted by molar-refractivity contribution is 5.97. The maximum Gasteiger partial charge on any atom is 0.260 e. The van der Waals surface area contributed by atoms with E-state index in [0.717, 1.165) is 0 Å². The van der Waals surface area contributed by atoms with Crippen molar-refractivity contribution in [2.75, 3.05) is 5.32 Å². The lowest BCUT2D eigenvalue weighted by molar-refractivity contribution is -0.117. The fourth-order valence-electron chi connectivity index (χ4n) is 1.60. The molecule has 100 valence electrons. The molecule has 0 saturated carbocycles. The summed E-state index contributed by atoms with van der Waals surface area (Å²) >= 11 is 0. The zero-order valence-electron chi connectivity index (χ0n) is 10.9. The van der Waals surface area contributed by atoms with Crippen LogP contribution in [0.15, 0.2) is 28.8 Å². The number of benzene rings is 1. The highest BCUT2D eigenvalue weighted by atomic mass is 16.5. The topological polar surface area (TPSA) is 94.0 Å². The van der Waals surface area contributed by atoms with Crippen LogP contribution in [-0.4, -0.2) is 22.1 Å². The maximum atomic E-state index is 11.8. The summed E-state index contributed by atoms with van der Waals surface area (Å²) in [6.07, 6.45) is 0.577. The molecule has 0 spiro atoms. The number of amides is 1. The van der Waals surface area contributed by atoms with Crippen LogP contribution in [-0.2, 0) is 4.79 Å². The molecule has 0 fully saturated rings. The number of para-hydroxylation sites is 1. The van der Waals surface area contributed by atoms with Gasteiger partial charge >= 0.3 is 0 Å². The van der Waals surface area contributed by atoms with E-state index in [2.05, 4.69) is 15.5 Å². The number of hydrogen-bond acceptors (Lipinski definition) is 5. The van der Waals surface area contributed by atoms with Gasteiger partial charge in [-0.2, -0.15) is 4.98 Å². The van der Waals surface area contributed by atoms with Gasteiger partial charge in [-0.15, -0.1) is 0 Å². The zero-order valence-corrected chi connectivity index (χ0v) is 10.9. The van der Waals surface area contributed by atoms with Crippen LogP contribution < -0.4 is 11.1 Å².